The molecule has 0 aliphatic carbocycles. The van der Waals surface area contributed by atoms with E-state index < -0.39 is 0 Å². The van der Waals surface area contributed by atoms with Gasteiger partial charge >= 0.3 is 0 Å². The van der Waals surface area contributed by atoms with E-state index in [9.17, 15) is 4.79 Å². The summed E-state index contributed by atoms with van der Waals surface area (Å²) in [5, 5.41) is 2.91. The van der Waals surface area contributed by atoms with E-state index in [0.29, 0.717) is 17.6 Å². The van der Waals surface area contributed by atoms with E-state index in [1.807, 2.05) is 12.1 Å². The van der Waals surface area contributed by atoms with Crippen LogP contribution in [0.1, 0.15) is 26.7 Å². The average Bonchev–Trinajstić information content (AvgIpc) is 2.30. The highest BCUT2D eigenvalue weighted by Gasteiger charge is 2.27. The number of hydrogen-bond donors (Lipinski definition) is 2. The molecule has 3 N–H and O–H groups in total. The molecular weight excluding hydrogens is 238 g/mol. The lowest BCUT2D eigenvalue weighted by Crippen LogP contribution is -2.43. The molecule has 0 spiro atoms. The third-order valence-corrected chi connectivity index (χ3v) is 3.54. The highest BCUT2D eigenvalue weighted by molar-refractivity contribution is 5.92. The summed E-state index contributed by atoms with van der Waals surface area (Å²) in [5.74, 6) is 0.0440. The third-order valence-electron chi connectivity index (χ3n) is 3.54. The molecule has 1 aromatic carbocycles. The second-order valence-corrected chi connectivity index (χ2v) is 6.15. The Labute approximate surface area is 115 Å². The molecule has 0 aromatic heterocycles. The highest BCUT2D eigenvalue weighted by Crippen LogP contribution is 2.28. The Morgan fingerprint density at radius 1 is 1.37 bits per heavy atom. The van der Waals surface area contributed by atoms with Gasteiger partial charge in [0, 0.05) is 17.9 Å². The number of nitrogens with zero attached hydrogens (tertiary/aromatic N) is 1. The van der Waals surface area contributed by atoms with Crippen LogP contribution in [0.4, 0.5) is 11.4 Å². The molecule has 2 rings (SSSR count). The largest absolute Gasteiger partial charge is 0.399 e. The second-order valence-electron chi connectivity index (χ2n) is 6.15. The van der Waals surface area contributed by atoms with Gasteiger partial charge in [0.15, 0.2) is 0 Å². The van der Waals surface area contributed by atoms with E-state index in [1.54, 1.807) is 12.1 Å². The van der Waals surface area contributed by atoms with Gasteiger partial charge in [-0.2, -0.15) is 0 Å². The van der Waals surface area contributed by atoms with Crippen molar-refractivity contribution in [3.05, 3.63) is 24.3 Å². The minimum atomic E-state index is 0.0440. The van der Waals surface area contributed by atoms with Crippen LogP contribution in [0.25, 0.3) is 0 Å². The number of benzene rings is 1. The number of anilines is 2. The smallest absolute Gasteiger partial charge is 0.238 e. The van der Waals surface area contributed by atoms with Crippen molar-refractivity contribution in [2.24, 2.45) is 5.41 Å². The number of piperidine rings is 1. The quantitative estimate of drug-likeness (QED) is 0.821. The van der Waals surface area contributed by atoms with E-state index in [0.717, 1.165) is 18.8 Å². The number of nitrogens with two attached hydrogens (primary N) is 1. The van der Waals surface area contributed by atoms with Crippen LogP contribution in [0.15, 0.2) is 24.3 Å². The lowest BCUT2D eigenvalue weighted by atomic mass is 9.84. The fraction of sp³-hybridized carbons (Fsp3) is 0.533. The maximum Gasteiger partial charge on any atom is 0.238 e. The molecule has 0 bridgehead atoms. The highest BCUT2D eigenvalue weighted by atomic mass is 16.2. The number of amides is 1. The Morgan fingerprint density at radius 3 is 2.68 bits per heavy atom. The molecule has 0 atom stereocenters. The van der Waals surface area contributed by atoms with Crippen LogP contribution in [-0.2, 0) is 4.79 Å². The Bertz CT molecular complexity index is 439. The van der Waals surface area contributed by atoms with E-state index in [4.69, 9.17) is 5.73 Å². The first-order valence-electron chi connectivity index (χ1n) is 6.82. The fourth-order valence-corrected chi connectivity index (χ4v) is 2.65. The second kappa shape index (κ2) is 5.61. The predicted molar refractivity (Wildman–Crippen MR) is 78.9 cm³/mol. The van der Waals surface area contributed by atoms with Gasteiger partial charge in [-0.15, -0.1) is 0 Å². The molecule has 4 nitrogen and oxygen atoms in total. The zero-order valence-corrected chi connectivity index (χ0v) is 11.8. The maximum absolute atomic E-state index is 12.0. The number of rotatable bonds is 3. The topological polar surface area (TPSA) is 58.4 Å². The van der Waals surface area contributed by atoms with Gasteiger partial charge in [-0.05, 0) is 49.1 Å². The molecule has 104 valence electrons. The fourth-order valence-electron chi connectivity index (χ4n) is 2.65. The molecule has 0 radical (unpaired) electrons. The van der Waals surface area contributed by atoms with Crippen LogP contribution < -0.4 is 11.1 Å². The zero-order valence-electron chi connectivity index (χ0n) is 11.8. The molecule has 1 aliphatic heterocycles. The maximum atomic E-state index is 12.0. The van der Waals surface area contributed by atoms with Crippen LogP contribution in [0.2, 0.25) is 0 Å². The Kier molecular flexibility index (Phi) is 4.10. The SMILES string of the molecule is CC1(C)CCCN(CC(=O)Nc2ccc(N)cc2)C1. The van der Waals surface area contributed by atoms with Crippen molar-refractivity contribution in [3.63, 3.8) is 0 Å². The number of likely N-dealkylation sites (tertiary alicyclic amines) is 1. The van der Waals surface area contributed by atoms with Crippen molar-refractivity contribution < 1.29 is 4.79 Å². The molecule has 1 heterocycles. The van der Waals surface area contributed by atoms with Gasteiger partial charge in [-0.3, -0.25) is 9.69 Å². The molecule has 1 aliphatic rings. The molecular formula is C15H23N3O. The standard InChI is InChI=1S/C15H23N3O/c1-15(2)8-3-9-18(11-15)10-14(19)17-13-6-4-12(16)5-7-13/h4-7H,3,8-11,16H2,1-2H3,(H,17,19). The van der Waals surface area contributed by atoms with Gasteiger partial charge in [-0.25, -0.2) is 0 Å². The minimum Gasteiger partial charge on any atom is -0.399 e. The number of carbonyl (C=O) groups excluding carboxylic acids is 1. The average molecular weight is 261 g/mol. The molecule has 1 aromatic rings. The first-order valence-corrected chi connectivity index (χ1v) is 6.82. The van der Waals surface area contributed by atoms with Crippen molar-refractivity contribution in [1.82, 2.24) is 4.90 Å². The van der Waals surface area contributed by atoms with Gasteiger partial charge in [0.2, 0.25) is 5.91 Å². The molecule has 1 fully saturated rings. The molecule has 1 amide bonds. The molecule has 19 heavy (non-hydrogen) atoms. The minimum absolute atomic E-state index is 0.0440. The van der Waals surface area contributed by atoms with E-state index in [1.165, 1.54) is 12.8 Å². The summed E-state index contributed by atoms with van der Waals surface area (Å²) in [6.45, 7) is 6.99. The number of hydrogen-bond acceptors (Lipinski definition) is 3. The Hall–Kier alpha value is -1.55. The van der Waals surface area contributed by atoms with Crippen molar-refractivity contribution in [2.45, 2.75) is 26.7 Å². The monoisotopic (exact) mass is 261 g/mol. The van der Waals surface area contributed by atoms with Crippen molar-refractivity contribution in [3.8, 4) is 0 Å². The predicted octanol–water partition coefficient (Wildman–Crippen LogP) is 2.33. The molecule has 1 saturated heterocycles. The van der Waals surface area contributed by atoms with Gasteiger partial charge in [-0.1, -0.05) is 13.8 Å². The van der Waals surface area contributed by atoms with Crippen LogP contribution >= 0.6 is 0 Å². The van der Waals surface area contributed by atoms with Crippen LogP contribution in [0.3, 0.4) is 0 Å². The van der Waals surface area contributed by atoms with Crippen molar-refractivity contribution in [2.75, 3.05) is 30.7 Å². The lowest BCUT2D eigenvalue weighted by molar-refractivity contribution is -0.118. The van der Waals surface area contributed by atoms with E-state index in [-0.39, 0.29) is 5.91 Å². The van der Waals surface area contributed by atoms with Crippen molar-refractivity contribution in [1.29, 1.82) is 0 Å². The normalized spacial score (nSPS) is 19.1. The van der Waals surface area contributed by atoms with Crippen LogP contribution in [-0.4, -0.2) is 30.4 Å². The first kappa shape index (κ1) is 13.9. The summed E-state index contributed by atoms with van der Waals surface area (Å²) < 4.78 is 0. The molecule has 0 saturated carbocycles. The van der Waals surface area contributed by atoms with E-state index in [2.05, 4.69) is 24.1 Å². The first-order chi connectivity index (χ1) is 8.94. The van der Waals surface area contributed by atoms with Crippen LogP contribution in [0, 0.1) is 5.41 Å². The van der Waals surface area contributed by atoms with Gasteiger partial charge in [0.1, 0.15) is 0 Å². The number of carbonyl (C=O) groups is 1. The lowest BCUT2D eigenvalue weighted by Gasteiger charge is -2.37. The molecule has 0 unspecified atom stereocenters. The Morgan fingerprint density at radius 2 is 2.05 bits per heavy atom. The van der Waals surface area contributed by atoms with Gasteiger partial charge < -0.3 is 11.1 Å². The van der Waals surface area contributed by atoms with Crippen molar-refractivity contribution >= 4 is 17.3 Å². The summed E-state index contributed by atoms with van der Waals surface area (Å²) in [5.41, 5.74) is 7.44. The molecule has 4 heteroatoms. The van der Waals surface area contributed by atoms with E-state index >= 15 is 0 Å². The van der Waals surface area contributed by atoms with Gasteiger partial charge in [0.25, 0.3) is 0 Å². The summed E-state index contributed by atoms with van der Waals surface area (Å²) in [6, 6.07) is 7.24. The summed E-state index contributed by atoms with van der Waals surface area (Å²) >= 11 is 0. The number of nitrogens with one attached hydrogen (secondary N) is 1. The third kappa shape index (κ3) is 4.24. The van der Waals surface area contributed by atoms with Crippen LogP contribution in [0.5, 0.6) is 0 Å². The summed E-state index contributed by atoms with van der Waals surface area (Å²) in [4.78, 5) is 14.2. The zero-order chi connectivity index (χ0) is 13.9. The van der Waals surface area contributed by atoms with Gasteiger partial charge in [0.05, 0.1) is 6.54 Å². The summed E-state index contributed by atoms with van der Waals surface area (Å²) in [7, 11) is 0. The summed E-state index contributed by atoms with van der Waals surface area (Å²) in [6.07, 6.45) is 2.41. The Balaban J connectivity index is 1.85. The number of nitrogen functional groups attached to an aromatic ring is 1.